The van der Waals surface area contributed by atoms with Gasteiger partial charge < -0.3 is 14.4 Å². The number of ether oxygens (including phenoxy) is 2. The maximum absolute atomic E-state index is 15.3. The highest BCUT2D eigenvalue weighted by Gasteiger charge is 2.33. The van der Waals surface area contributed by atoms with Crippen molar-refractivity contribution in [2.75, 3.05) is 30.7 Å². The minimum absolute atomic E-state index is 0. The van der Waals surface area contributed by atoms with Crippen molar-refractivity contribution in [3.05, 3.63) is 52.3 Å². The van der Waals surface area contributed by atoms with Crippen LogP contribution in [-0.2, 0) is 22.0 Å². The van der Waals surface area contributed by atoms with Crippen molar-refractivity contribution < 1.29 is 27.1 Å². The standard InChI is InChI=1S/C25H32FN3O5S.BrH/c1-7-33-20-12-16-13-29(24(27)21(16)22(26)23(20)34-8-2)14-19(30)15-9-10-18(28-35(6,31)32)17(11-15)25(3,4)5;/h9-12,27-28H,7-8,13-14H2,1-6H3;1H. The third kappa shape index (κ3) is 6.36. The molecule has 2 N–H and O–H groups in total. The molecule has 0 aromatic heterocycles. The largest absolute Gasteiger partial charge is 0.490 e. The molecule has 0 saturated carbocycles. The zero-order chi connectivity index (χ0) is 26.1. The zero-order valence-corrected chi connectivity index (χ0v) is 23.9. The molecule has 0 bridgehead atoms. The Morgan fingerprint density at radius 1 is 1.17 bits per heavy atom. The lowest BCUT2D eigenvalue weighted by atomic mass is 9.84. The molecule has 0 radical (unpaired) electrons. The average Bonchev–Trinajstić information content (AvgIpc) is 3.04. The normalized spacial score (nSPS) is 13.2. The first kappa shape index (κ1) is 29.6. The molecule has 8 nitrogen and oxygen atoms in total. The van der Waals surface area contributed by atoms with Gasteiger partial charge in [-0.15, -0.1) is 17.0 Å². The topological polar surface area (TPSA) is 109 Å². The predicted molar refractivity (Wildman–Crippen MR) is 144 cm³/mol. The quantitative estimate of drug-likeness (QED) is 0.405. The molecular weight excluding hydrogens is 553 g/mol. The molecule has 3 rings (SSSR count). The van der Waals surface area contributed by atoms with Gasteiger partial charge in [0.1, 0.15) is 5.84 Å². The Kier molecular flexibility index (Phi) is 9.17. The first-order chi connectivity index (χ1) is 16.3. The van der Waals surface area contributed by atoms with E-state index in [0.717, 1.165) is 6.26 Å². The maximum Gasteiger partial charge on any atom is 0.229 e. The number of Topliss-reactive ketones (excluding diaryl/α,β-unsaturated/α-hetero) is 1. The third-order valence-corrected chi connectivity index (χ3v) is 6.14. The molecule has 0 fully saturated rings. The number of sulfonamides is 1. The summed E-state index contributed by atoms with van der Waals surface area (Å²) in [6.07, 6.45) is 1.07. The van der Waals surface area contributed by atoms with Crippen molar-refractivity contribution in [2.45, 2.75) is 46.6 Å². The second kappa shape index (κ2) is 11.2. The Labute approximate surface area is 222 Å². The van der Waals surface area contributed by atoms with Gasteiger partial charge in [-0.05, 0) is 54.7 Å². The first-order valence-electron chi connectivity index (χ1n) is 11.4. The monoisotopic (exact) mass is 585 g/mol. The van der Waals surface area contributed by atoms with Crippen molar-refractivity contribution in [3.8, 4) is 11.5 Å². The average molecular weight is 587 g/mol. The lowest BCUT2D eigenvalue weighted by Gasteiger charge is -2.24. The van der Waals surface area contributed by atoms with Gasteiger partial charge in [-0.1, -0.05) is 20.8 Å². The number of anilines is 1. The van der Waals surface area contributed by atoms with Crippen LogP contribution in [0.4, 0.5) is 10.1 Å². The number of amidine groups is 1. The minimum atomic E-state index is -3.50. The molecule has 1 aliphatic heterocycles. The number of hydrogen-bond acceptors (Lipinski definition) is 6. The van der Waals surface area contributed by atoms with Gasteiger partial charge >= 0.3 is 0 Å². The van der Waals surface area contributed by atoms with E-state index >= 15 is 4.39 Å². The van der Waals surface area contributed by atoms with Crippen molar-refractivity contribution in [2.24, 2.45) is 0 Å². The van der Waals surface area contributed by atoms with Crippen LogP contribution in [0, 0.1) is 11.2 Å². The van der Waals surface area contributed by atoms with Crippen LogP contribution in [0.25, 0.3) is 0 Å². The molecule has 0 amide bonds. The van der Waals surface area contributed by atoms with Crippen LogP contribution in [0.15, 0.2) is 24.3 Å². The summed E-state index contributed by atoms with van der Waals surface area (Å²) in [6, 6.07) is 6.46. The molecule has 0 saturated heterocycles. The summed E-state index contributed by atoms with van der Waals surface area (Å²) < 4.78 is 52.3. The van der Waals surface area contributed by atoms with Crippen molar-refractivity contribution in [1.82, 2.24) is 4.90 Å². The van der Waals surface area contributed by atoms with Crippen LogP contribution in [0.3, 0.4) is 0 Å². The van der Waals surface area contributed by atoms with Gasteiger partial charge in [0.2, 0.25) is 10.0 Å². The summed E-state index contributed by atoms with van der Waals surface area (Å²) >= 11 is 0. The number of ketones is 1. The number of nitrogens with zero attached hydrogens (tertiary/aromatic N) is 1. The van der Waals surface area contributed by atoms with E-state index in [2.05, 4.69) is 4.72 Å². The molecule has 0 aliphatic carbocycles. The van der Waals surface area contributed by atoms with E-state index in [1.165, 1.54) is 4.90 Å². The summed E-state index contributed by atoms with van der Waals surface area (Å²) in [5.74, 6) is -0.792. The Balaban J connectivity index is 0.00000456. The summed E-state index contributed by atoms with van der Waals surface area (Å²) in [5, 5.41) is 8.52. The molecule has 11 heteroatoms. The van der Waals surface area contributed by atoms with E-state index in [1.807, 2.05) is 20.8 Å². The number of fused-ring (bicyclic) bond motifs is 1. The molecule has 2 aromatic rings. The van der Waals surface area contributed by atoms with Gasteiger partial charge in [0.05, 0.1) is 37.3 Å². The second-order valence-corrected chi connectivity index (χ2v) is 11.2. The number of halogens is 2. The van der Waals surface area contributed by atoms with Crippen molar-refractivity contribution in [3.63, 3.8) is 0 Å². The van der Waals surface area contributed by atoms with Gasteiger partial charge in [-0.3, -0.25) is 14.9 Å². The predicted octanol–water partition coefficient (Wildman–Crippen LogP) is 4.89. The molecule has 198 valence electrons. The molecule has 1 heterocycles. The van der Waals surface area contributed by atoms with Gasteiger partial charge in [-0.2, -0.15) is 0 Å². The molecule has 2 aromatic carbocycles. The van der Waals surface area contributed by atoms with E-state index in [4.69, 9.17) is 14.9 Å². The van der Waals surface area contributed by atoms with E-state index in [0.29, 0.717) is 29.0 Å². The maximum atomic E-state index is 15.3. The van der Waals surface area contributed by atoms with E-state index in [1.54, 1.807) is 38.1 Å². The fraction of sp³-hybridized carbons (Fsp3) is 0.440. The van der Waals surface area contributed by atoms with Crippen LogP contribution in [0.2, 0.25) is 0 Å². The highest BCUT2D eigenvalue weighted by molar-refractivity contribution is 8.93. The summed E-state index contributed by atoms with van der Waals surface area (Å²) in [5.41, 5.74) is 1.68. The molecule has 0 atom stereocenters. The SMILES string of the molecule is Br.CCOc1cc2c(c(F)c1OCC)C(=N)N(CC(=O)c1ccc(NS(C)(=O)=O)c(C(C)(C)C)c1)C2. The van der Waals surface area contributed by atoms with Gasteiger partial charge in [0.15, 0.2) is 23.1 Å². The van der Waals surface area contributed by atoms with Crippen molar-refractivity contribution >= 4 is 44.3 Å². The van der Waals surface area contributed by atoms with E-state index in [-0.39, 0.29) is 65.4 Å². The van der Waals surface area contributed by atoms with Gasteiger partial charge in [0.25, 0.3) is 0 Å². The molecule has 0 spiro atoms. The van der Waals surface area contributed by atoms with Crippen LogP contribution in [0.5, 0.6) is 11.5 Å². The van der Waals surface area contributed by atoms with E-state index in [9.17, 15) is 13.2 Å². The Bertz CT molecular complexity index is 1280. The highest BCUT2D eigenvalue weighted by Crippen LogP contribution is 2.39. The lowest BCUT2D eigenvalue weighted by Crippen LogP contribution is -2.30. The summed E-state index contributed by atoms with van der Waals surface area (Å²) in [6.45, 7) is 9.91. The van der Waals surface area contributed by atoms with Crippen LogP contribution in [-0.4, -0.2) is 51.0 Å². The fourth-order valence-electron chi connectivity index (χ4n) is 4.05. The Hall–Kier alpha value is -2.66. The number of hydrogen-bond donors (Lipinski definition) is 2. The van der Waals surface area contributed by atoms with E-state index < -0.39 is 21.3 Å². The van der Waals surface area contributed by atoms with Gasteiger partial charge in [0, 0.05) is 12.1 Å². The lowest BCUT2D eigenvalue weighted by molar-refractivity contribution is 0.0962. The number of carbonyl (C=O) groups is 1. The molecule has 0 unspecified atom stereocenters. The highest BCUT2D eigenvalue weighted by atomic mass is 79.9. The Morgan fingerprint density at radius 3 is 2.36 bits per heavy atom. The number of nitrogens with one attached hydrogen (secondary N) is 2. The van der Waals surface area contributed by atoms with Crippen LogP contribution >= 0.6 is 17.0 Å². The number of rotatable bonds is 9. The number of benzene rings is 2. The zero-order valence-electron chi connectivity index (χ0n) is 21.3. The van der Waals surface area contributed by atoms with Crippen molar-refractivity contribution in [1.29, 1.82) is 5.41 Å². The van der Waals surface area contributed by atoms with Crippen LogP contribution < -0.4 is 14.2 Å². The molecule has 1 aliphatic rings. The van der Waals surface area contributed by atoms with Gasteiger partial charge in [-0.25, -0.2) is 12.8 Å². The second-order valence-electron chi connectivity index (χ2n) is 9.43. The first-order valence-corrected chi connectivity index (χ1v) is 13.3. The Morgan fingerprint density at radius 2 is 1.81 bits per heavy atom. The summed E-state index contributed by atoms with van der Waals surface area (Å²) in [7, 11) is -3.50. The minimum Gasteiger partial charge on any atom is -0.490 e. The smallest absolute Gasteiger partial charge is 0.229 e. The fourth-order valence-corrected chi connectivity index (χ4v) is 4.63. The van der Waals surface area contributed by atoms with Crippen LogP contribution in [0.1, 0.15) is 61.7 Å². The number of carbonyl (C=O) groups excluding carboxylic acids is 1. The summed E-state index contributed by atoms with van der Waals surface area (Å²) in [4.78, 5) is 14.7. The molecular formula is C25H33BrFN3O5S. The third-order valence-electron chi connectivity index (χ3n) is 5.55. The molecule has 36 heavy (non-hydrogen) atoms.